The van der Waals surface area contributed by atoms with Gasteiger partial charge in [0.05, 0.1) is 24.0 Å². The van der Waals surface area contributed by atoms with E-state index < -0.39 is 0 Å². The number of phenols is 1. The minimum Gasteiger partial charge on any atom is -1.00 e. The van der Waals surface area contributed by atoms with Crippen LogP contribution in [-0.2, 0) is 0 Å². The van der Waals surface area contributed by atoms with Gasteiger partial charge in [-0.25, -0.2) is 0 Å². The first-order valence-corrected chi connectivity index (χ1v) is 8.50. The van der Waals surface area contributed by atoms with E-state index in [4.69, 9.17) is 9.47 Å². The summed E-state index contributed by atoms with van der Waals surface area (Å²) in [4.78, 5) is 0. The number of ether oxygens (including phenoxy) is 2. The molecule has 0 aliphatic heterocycles. The van der Waals surface area contributed by atoms with E-state index in [2.05, 4.69) is 24.3 Å². The number of fused-ring (bicyclic) bond motifs is 4. The van der Waals surface area contributed by atoms with Gasteiger partial charge in [-0.1, -0.05) is 0 Å². The molecule has 2 aromatic carbocycles. The molecule has 0 radical (unpaired) electrons. The number of nitrogens with zero attached hydrogens (tertiary/aromatic N) is 1. The highest BCUT2D eigenvalue weighted by Gasteiger charge is 2.15. The maximum Gasteiger partial charge on any atom is 0.219 e. The summed E-state index contributed by atoms with van der Waals surface area (Å²) >= 11 is 0. The first-order valence-electron chi connectivity index (χ1n) is 8.50. The van der Waals surface area contributed by atoms with E-state index in [1.807, 2.05) is 48.8 Å². The van der Waals surface area contributed by atoms with Gasteiger partial charge in [0.1, 0.15) is 5.75 Å². The van der Waals surface area contributed by atoms with Crippen molar-refractivity contribution in [3.05, 3.63) is 54.9 Å². The number of hydrogen-bond acceptors (Lipinski definition) is 3. The van der Waals surface area contributed by atoms with Gasteiger partial charge in [-0.15, -0.1) is 0 Å². The van der Waals surface area contributed by atoms with Crippen molar-refractivity contribution >= 4 is 27.1 Å². The average Bonchev–Trinajstić information content (AvgIpc) is 2.63. The number of rotatable bonds is 4. The van der Waals surface area contributed by atoms with Gasteiger partial charge in [0.25, 0.3) is 0 Å². The van der Waals surface area contributed by atoms with Gasteiger partial charge in [-0.05, 0) is 55.0 Å². The number of aromatic hydroxyl groups is 1. The third kappa shape index (κ3) is 3.03. The molecule has 0 saturated carbocycles. The summed E-state index contributed by atoms with van der Waals surface area (Å²) in [6.45, 7) is 5.06. The second-order valence-corrected chi connectivity index (χ2v) is 5.91. The fourth-order valence-electron chi connectivity index (χ4n) is 3.24. The Bertz CT molecular complexity index is 1090. The molecule has 0 unspecified atom stereocenters. The van der Waals surface area contributed by atoms with Crippen LogP contribution < -0.4 is 30.9 Å². The number of pyridine rings is 2. The van der Waals surface area contributed by atoms with Crippen molar-refractivity contribution in [3.8, 4) is 17.2 Å². The van der Waals surface area contributed by atoms with Gasteiger partial charge in [0.15, 0.2) is 23.9 Å². The van der Waals surface area contributed by atoms with Gasteiger partial charge < -0.3 is 31.6 Å². The van der Waals surface area contributed by atoms with Gasteiger partial charge in [-0.2, -0.15) is 4.40 Å². The van der Waals surface area contributed by atoms with E-state index in [9.17, 15) is 5.11 Å². The minimum atomic E-state index is 0. The van der Waals surface area contributed by atoms with Crippen LogP contribution in [0.15, 0.2) is 54.9 Å². The summed E-state index contributed by atoms with van der Waals surface area (Å²) in [6.07, 6.45) is 3.94. The molecule has 0 saturated heterocycles. The molecular formula is C21H20BrNO3. The number of halogens is 1. The molecule has 134 valence electrons. The maximum atomic E-state index is 10.5. The van der Waals surface area contributed by atoms with Gasteiger partial charge >= 0.3 is 0 Å². The Kier molecular flexibility index (Phi) is 5.18. The number of aromatic nitrogens is 1. The summed E-state index contributed by atoms with van der Waals surface area (Å²) in [5, 5.41) is 14.5. The average molecular weight is 414 g/mol. The summed E-state index contributed by atoms with van der Waals surface area (Å²) in [7, 11) is 0. The predicted octanol–water partition coefficient (Wildman–Crippen LogP) is 1.24. The van der Waals surface area contributed by atoms with E-state index >= 15 is 0 Å². The van der Waals surface area contributed by atoms with E-state index in [0.717, 1.165) is 32.8 Å². The molecular weight excluding hydrogens is 394 g/mol. The van der Waals surface area contributed by atoms with Crippen molar-refractivity contribution in [2.45, 2.75) is 13.8 Å². The maximum absolute atomic E-state index is 10.5. The third-order valence-corrected chi connectivity index (χ3v) is 4.38. The first kappa shape index (κ1) is 18.3. The normalized spacial score (nSPS) is 10.8. The highest BCUT2D eigenvalue weighted by Crippen LogP contribution is 2.35. The summed E-state index contributed by atoms with van der Waals surface area (Å²) in [5.41, 5.74) is 1.08. The largest absolute Gasteiger partial charge is 1.00 e. The van der Waals surface area contributed by atoms with Crippen LogP contribution in [0.1, 0.15) is 13.8 Å². The molecule has 5 heteroatoms. The minimum absolute atomic E-state index is 0. The molecule has 0 atom stereocenters. The zero-order valence-electron chi connectivity index (χ0n) is 14.7. The van der Waals surface area contributed by atoms with E-state index in [-0.39, 0.29) is 22.7 Å². The molecule has 0 amide bonds. The smallest absolute Gasteiger partial charge is 0.219 e. The molecule has 4 aromatic rings. The SMILES string of the molecule is CCOc1ccc2c(cc[n+]3cc4c(O)c(OCC)ccc4cc23)c1.[Br-]. The van der Waals surface area contributed by atoms with Crippen LogP contribution in [0.25, 0.3) is 27.1 Å². The van der Waals surface area contributed by atoms with Crippen LogP contribution in [0.3, 0.4) is 0 Å². The molecule has 2 aromatic heterocycles. The predicted molar refractivity (Wildman–Crippen MR) is 98.6 cm³/mol. The Hall–Kier alpha value is -2.53. The first-order chi connectivity index (χ1) is 12.2. The van der Waals surface area contributed by atoms with Crippen LogP contribution >= 0.6 is 0 Å². The van der Waals surface area contributed by atoms with Crippen LogP contribution in [0.2, 0.25) is 0 Å². The molecule has 0 aliphatic rings. The van der Waals surface area contributed by atoms with Crippen LogP contribution in [0.4, 0.5) is 0 Å². The summed E-state index contributed by atoms with van der Waals surface area (Å²) in [5.74, 6) is 1.57. The molecule has 26 heavy (non-hydrogen) atoms. The lowest BCUT2D eigenvalue weighted by Gasteiger charge is -2.08. The molecule has 0 bridgehead atoms. The lowest BCUT2D eigenvalue weighted by molar-refractivity contribution is -0.509. The number of hydrogen-bond donors (Lipinski definition) is 1. The topological polar surface area (TPSA) is 42.8 Å². The zero-order valence-corrected chi connectivity index (χ0v) is 16.3. The molecule has 0 spiro atoms. The van der Waals surface area contributed by atoms with Crippen LogP contribution in [-0.4, -0.2) is 18.3 Å². The Morgan fingerprint density at radius 1 is 0.885 bits per heavy atom. The Morgan fingerprint density at radius 2 is 1.65 bits per heavy atom. The van der Waals surface area contributed by atoms with Crippen molar-refractivity contribution < 1.29 is 36.0 Å². The lowest BCUT2D eigenvalue weighted by Crippen LogP contribution is -3.00. The van der Waals surface area contributed by atoms with Crippen molar-refractivity contribution in [1.82, 2.24) is 0 Å². The monoisotopic (exact) mass is 413 g/mol. The van der Waals surface area contributed by atoms with Gasteiger partial charge in [-0.3, -0.25) is 0 Å². The van der Waals surface area contributed by atoms with Crippen LogP contribution in [0, 0.1) is 0 Å². The zero-order chi connectivity index (χ0) is 17.4. The Labute approximate surface area is 162 Å². The van der Waals surface area contributed by atoms with Crippen molar-refractivity contribution in [1.29, 1.82) is 0 Å². The van der Waals surface area contributed by atoms with Crippen molar-refractivity contribution in [3.63, 3.8) is 0 Å². The summed E-state index contributed by atoms with van der Waals surface area (Å²) in [6, 6.07) is 14.1. The Morgan fingerprint density at radius 3 is 2.42 bits per heavy atom. The lowest BCUT2D eigenvalue weighted by atomic mass is 10.1. The van der Waals surface area contributed by atoms with Crippen molar-refractivity contribution in [2.75, 3.05) is 13.2 Å². The van der Waals surface area contributed by atoms with Gasteiger partial charge in [0, 0.05) is 12.1 Å². The quantitative estimate of drug-likeness (QED) is 0.311. The van der Waals surface area contributed by atoms with Gasteiger partial charge in [0.2, 0.25) is 5.52 Å². The Balaban J connectivity index is 0.00000196. The van der Waals surface area contributed by atoms with Crippen LogP contribution in [0.5, 0.6) is 17.2 Å². The molecule has 0 fully saturated rings. The standard InChI is InChI=1S/C21H19NO3.BrH/c1-3-24-16-6-7-17-15(11-16)9-10-22-13-18-14(12-19(17)22)5-8-20(21(18)23)25-4-2;/h5-13H,3-4H2,1-2H3;1H. The van der Waals surface area contributed by atoms with E-state index in [0.29, 0.717) is 19.0 Å². The molecule has 4 rings (SSSR count). The molecule has 4 nitrogen and oxygen atoms in total. The number of phenolic OH excluding ortho intramolecular Hbond substituents is 1. The number of benzene rings is 2. The fraction of sp³-hybridized carbons (Fsp3) is 0.190. The highest BCUT2D eigenvalue weighted by molar-refractivity contribution is 5.99. The van der Waals surface area contributed by atoms with E-state index in [1.54, 1.807) is 0 Å². The highest BCUT2D eigenvalue weighted by atomic mass is 79.9. The second-order valence-electron chi connectivity index (χ2n) is 5.91. The molecule has 2 heterocycles. The van der Waals surface area contributed by atoms with Crippen molar-refractivity contribution in [2.24, 2.45) is 0 Å². The van der Waals surface area contributed by atoms with E-state index in [1.165, 1.54) is 0 Å². The summed E-state index contributed by atoms with van der Waals surface area (Å²) < 4.78 is 13.1. The fourth-order valence-corrected chi connectivity index (χ4v) is 3.24. The molecule has 1 N–H and O–H groups in total. The molecule has 0 aliphatic carbocycles. The third-order valence-electron chi connectivity index (χ3n) is 4.38. The second kappa shape index (κ2) is 7.38.